The third-order valence-corrected chi connectivity index (χ3v) is 2.93. The van der Waals surface area contributed by atoms with Crippen molar-refractivity contribution in [1.29, 1.82) is 0 Å². The third-order valence-electron chi connectivity index (χ3n) is 2.93. The van der Waals surface area contributed by atoms with E-state index in [1.165, 1.54) is 0 Å². The smallest absolute Gasteiger partial charge is 0.350 e. The monoisotopic (exact) mass is 204 g/mol. The van der Waals surface area contributed by atoms with Crippen molar-refractivity contribution < 1.29 is 23.8 Å². The summed E-state index contributed by atoms with van der Waals surface area (Å²) in [5.74, 6) is -0.265. The standard InChI is InChI=1S/C10H4O5/c11-9-5-6(10(12)15-9)8-4(2-14-8)3-1-13-7(3)5/h1-2H2. The first-order chi connectivity index (χ1) is 7.27. The molecule has 1 aromatic carbocycles. The van der Waals surface area contributed by atoms with Crippen LogP contribution in [0.2, 0.25) is 0 Å². The molecule has 5 heteroatoms. The number of carbonyl (C=O) groups excluding carboxylic acids is 2. The molecule has 0 amide bonds. The Morgan fingerprint density at radius 3 is 1.60 bits per heavy atom. The van der Waals surface area contributed by atoms with Gasteiger partial charge >= 0.3 is 11.9 Å². The van der Waals surface area contributed by atoms with E-state index in [4.69, 9.17) is 9.47 Å². The number of esters is 2. The van der Waals surface area contributed by atoms with Crippen LogP contribution in [0, 0.1) is 0 Å². The second-order valence-electron chi connectivity index (χ2n) is 3.62. The Balaban J connectivity index is 2.17. The maximum atomic E-state index is 11.4. The number of cyclic esters (lactones) is 2. The molecular formula is C10H4O5. The van der Waals surface area contributed by atoms with Gasteiger partial charge in [-0.15, -0.1) is 0 Å². The van der Waals surface area contributed by atoms with Gasteiger partial charge in [-0.05, 0) is 0 Å². The van der Waals surface area contributed by atoms with Crippen LogP contribution in [-0.4, -0.2) is 11.9 Å². The summed E-state index contributed by atoms with van der Waals surface area (Å²) in [4.78, 5) is 22.8. The van der Waals surface area contributed by atoms with Gasteiger partial charge in [-0.1, -0.05) is 0 Å². The summed E-state index contributed by atoms with van der Waals surface area (Å²) in [6.07, 6.45) is 0. The predicted octanol–water partition coefficient (Wildman–Crippen LogP) is 0.782. The molecule has 15 heavy (non-hydrogen) atoms. The van der Waals surface area contributed by atoms with Gasteiger partial charge in [0.05, 0.1) is 0 Å². The molecule has 5 nitrogen and oxygen atoms in total. The molecule has 0 unspecified atom stereocenters. The molecule has 1 aromatic rings. The van der Waals surface area contributed by atoms with Crippen LogP contribution in [0.25, 0.3) is 0 Å². The lowest BCUT2D eigenvalue weighted by Gasteiger charge is -2.32. The number of rotatable bonds is 0. The van der Waals surface area contributed by atoms with Crippen LogP contribution in [0.3, 0.4) is 0 Å². The number of ether oxygens (including phenoxy) is 3. The van der Waals surface area contributed by atoms with Crippen molar-refractivity contribution in [1.82, 2.24) is 0 Å². The SMILES string of the molecule is O=C1OC(=O)c2c3c(c4c(c21)OC4)CO3. The second-order valence-corrected chi connectivity index (χ2v) is 3.62. The average Bonchev–Trinajstić information content (AvgIpc) is 2.36. The lowest BCUT2D eigenvalue weighted by molar-refractivity contribution is 0.0440. The first-order valence-corrected chi connectivity index (χ1v) is 4.51. The first kappa shape index (κ1) is 7.28. The van der Waals surface area contributed by atoms with Gasteiger partial charge in [0.2, 0.25) is 0 Å². The molecule has 3 aliphatic rings. The maximum absolute atomic E-state index is 11.4. The van der Waals surface area contributed by atoms with Crippen molar-refractivity contribution in [3.05, 3.63) is 22.3 Å². The minimum Gasteiger partial charge on any atom is -0.487 e. The van der Waals surface area contributed by atoms with E-state index in [1.807, 2.05) is 0 Å². The first-order valence-electron chi connectivity index (χ1n) is 4.51. The highest BCUT2D eigenvalue weighted by Gasteiger charge is 2.45. The van der Waals surface area contributed by atoms with Gasteiger partial charge in [0, 0.05) is 11.1 Å². The van der Waals surface area contributed by atoms with Crippen LogP contribution in [0.15, 0.2) is 0 Å². The highest BCUT2D eigenvalue weighted by molar-refractivity contribution is 6.18. The molecule has 0 fully saturated rings. The van der Waals surface area contributed by atoms with E-state index in [1.54, 1.807) is 0 Å². The average molecular weight is 204 g/mol. The molecule has 0 radical (unpaired) electrons. The largest absolute Gasteiger partial charge is 0.487 e. The van der Waals surface area contributed by atoms with Crippen LogP contribution in [0.5, 0.6) is 11.5 Å². The molecule has 4 rings (SSSR count). The summed E-state index contributed by atoms with van der Waals surface area (Å²) in [6.45, 7) is 0.964. The highest BCUT2D eigenvalue weighted by Crippen LogP contribution is 2.50. The van der Waals surface area contributed by atoms with Gasteiger partial charge < -0.3 is 14.2 Å². The van der Waals surface area contributed by atoms with Gasteiger partial charge in [-0.25, -0.2) is 9.59 Å². The second kappa shape index (κ2) is 1.98. The van der Waals surface area contributed by atoms with Gasteiger partial charge in [0.15, 0.2) is 0 Å². The summed E-state index contributed by atoms with van der Waals surface area (Å²) < 4.78 is 14.9. The molecule has 3 heterocycles. The van der Waals surface area contributed by atoms with E-state index < -0.39 is 11.9 Å². The van der Waals surface area contributed by atoms with Crippen LogP contribution < -0.4 is 9.47 Å². The Morgan fingerprint density at radius 2 is 1.27 bits per heavy atom. The Kier molecular flexibility index (Phi) is 0.959. The Morgan fingerprint density at radius 1 is 0.800 bits per heavy atom. The Bertz CT molecular complexity index is 509. The molecular weight excluding hydrogens is 200 g/mol. The number of fused-ring (bicyclic) bond motifs is 6. The zero-order valence-corrected chi connectivity index (χ0v) is 7.46. The molecule has 0 saturated heterocycles. The lowest BCUT2D eigenvalue weighted by atomic mass is 9.92. The van der Waals surface area contributed by atoms with Gasteiger partial charge in [-0.3, -0.25) is 0 Å². The normalized spacial score (nSPS) is 18.7. The molecule has 0 aromatic heterocycles. The van der Waals surface area contributed by atoms with Crippen LogP contribution in [0.4, 0.5) is 0 Å². The fraction of sp³-hybridized carbons (Fsp3) is 0.200. The van der Waals surface area contributed by atoms with Crippen LogP contribution in [-0.2, 0) is 18.0 Å². The topological polar surface area (TPSA) is 61.8 Å². The van der Waals surface area contributed by atoms with Crippen molar-refractivity contribution in [2.45, 2.75) is 13.2 Å². The third kappa shape index (κ3) is 0.614. The number of carbonyl (C=O) groups is 2. The summed E-state index contributed by atoms with van der Waals surface area (Å²) in [7, 11) is 0. The lowest BCUT2D eigenvalue weighted by Crippen LogP contribution is -2.24. The highest BCUT2D eigenvalue weighted by atomic mass is 16.6. The van der Waals surface area contributed by atoms with E-state index in [0.29, 0.717) is 24.7 Å². The fourth-order valence-corrected chi connectivity index (χ4v) is 2.13. The molecule has 0 spiro atoms. The zero-order valence-electron chi connectivity index (χ0n) is 7.46. The summed E-state index contributed by atoms with van der Waals surface area (Å²) >= 11 is 0. The predicted molar refractivity (Wildman–Crippen MR) is 44.9 cm³/mol. The minimum absolute atomic E-state index is 0.236. The number of hydrogen-bond donors (Lipinski definition) is 0. The molecule has 0 saturated carbocycles. The van der Waals surface area contributed by atoms with Crippen molar-refractivity contribution in [2.75, 3.05) is 0 Å². The Labute approximate surface area is 83.5 Å². The summed E-state index contributed by atoms with van der Waals surface area (Å²) in [5, 5.41) is 0. The summed E-state index contributed by atoms with van der Waals surface area (Å²) in [5.41, 5.74) is 2.42. The van der Waals surface area contributed by atoms with E-state index in [2.05, 4.69) is 4.74 Å². The molecule has 0 bridgehead atoms. The quantitative estimate of drug-likeness (QED) is 0.461. The van der Waals surface area contributed by atoms with Crippen LogP contribution in [0.1, 0.15) is 31.8 Å². The Hall–Kier alpha value is -2.04. The van der Waals surface area contributed by atoms with Crippen LogP contribution >= 0.6 is 0 Å². The van der Waals surface area contributed by atoms with E-state index in [9.17, 15) is 9.59 Å². The molecule has 3 aliphatic heterocycles. The maximum Gasteiger partial charge on any atom is 0.350 e. The van der Waals surface area contributed by atoms with Crippen molar-refractivity contribution in [2.24, 2.45) is 0 Å². The molecule has 0 N–H and O–H groups in total. The van der Waals surface area contributed by atoms with Crippen molar-refractivity contribution in [3.63, 3.8) is 0 Å². The molecule has 0 aliphatic carbocycles. The van der Waals surface area contributed by atoms with Gasteiger partial charge in [0.25, 0.3) is 0 Å². The van der Waals surface area contributed by atoms with Gasteiger partial charge in [0.1, 0.15) is 35.8 Å². The van der Waals surface area contributed by atoms with Crippen molar-refractivity contribution in [3.8, 4) is 11.5 Å². The molecule has 0 atom stereocenters. The summed E-state index contributed by atoms with van der Waals surface area (Å²) in [6, 6.07) is 0. The van der Waals surface area contributed by atoms with E-state index in [-0.39, 0.29) is 11.1 Å². The zero-order chi connectivity index (χ0) is 10.2. The number of benzene rings is 1. The van der Waals surface area contributed by atoms with Crippen molar-refractivity contribution >= 4 is 11.9 Å². The van der Waals surface area contributed by atoms with Gasteiger partial charge in [-0.2, -0.15) is 0 Å². The van der Waals surface area contributed by atoms with E-state index >= 15 is 0 Å². The number of hydrogen-bond acceptors (Lipinski definition) is 5. The minimum atomic E-state index is -0.635. The fourth-order valence-electron chi connectivity index (χ4n) is 2.13. The molecule has 74 valence electrons. The van der Waals surface area contributed by atoms with E-state index in [0.717, 1.165) is 11.1 Å².